The fourth-order valence-corrected chi connectivity index (χ4v) is 1.48. The van der Waals surface area contributed by atoms with Crippen LogP contribution in [0.4, 0.5) is 5.69 Å². The first-order chi connectivity index (χ1) is 5.70. The van der Waals surface area contributed by atoms with Crippen molar-refractivity contribution in [2.75, 3.05) is 12.5 Å². The van der Waals surface area contributed by atoms with E-state index in [1.54, 1.807) is 6.07 Å². The molecule has 1 aromatic carbocycles. The van der Waals surface area contributed by atoms with Crippen LogP contribution in [-0.2, 0) is 0 Å². The van der Waals surface area contributed by atoms with Gasteiger partial charge in [-0.1, -0.05) is 23.2 Å². The maximum Gasteiger partial charge on any atom is 0.231 e. The van der Waals surface area contributed by atoms with Crippen LogP contribution in [0.15, 0.2) is 6.07 Å². The summed E-state index contributed by atoms with van der Waals surface area (Å²) in [6.45, 7) is 0.162. The van der Waals surface area contributed by atoms with Gasteiger partial charge in [-0.3, -0.25) is 0 Å². The zero-order chi connectivity index (χ0) is 8.72. The smallest absolute Gasteiger partial charge is 0.231 e. The molecule has 0 saturated heterocycles. The standard InChI is InChI=1S/C7H5Cl2NO2/c8-3-1-4-7(12-2-11-4)5(9)6(3)10/h1H,2,10H2. The molecule has 0 atom stereocenters. The van der Waals surface area contributed by atoms with Crippen LogP contribution in [0, 0.1) is 0 Å². The van der Waals surface area contributed by atoms with Gasteiger partial charge in [-0.15, -0.1) is 0 Å². The van der Waals surface area contributed by atoms with Crippen molar-refractivity contribution >= 4 is 28.9 Å². The Morgan fingerprint density at radius 1 is 1.33 bits per heavy atom. The van der Waals surface area contributed by atoms with Gasteiger partial charge in [0.25, 0.3) is 0 Å². The van der Waals surface area contributed by atoms with Crippen LogP contribution in [0.5, 0.6) is 11.5 Å². The minimum atomic E-state index is 0.162. The molecular weight excluding hydrogens is 201 g/mol. The van der Waals surface area contributed by atoms with Crippen LogP contribution >= 0.6 is 23.2 Å². The molecule has 0 amide bonds. The lowest BCUT2D eigenvalue weighted by atomic mass is 10.3. The fourth-order valence-electron chi connectivity index (χ4n) is 0.987. The summed E-state index contributed by atoms with van der Waals surface area (Å²) in [5.41, 5.74) is 5.88. The number of nitrogens with two attached hydrogens (primary N) is 1. The van der Waals surface area contributed by atoms with Crippen molar-refractivity contribution < 1.29 is 9.47 Å². The molecular formula is C7H5Cl2NO2. The van der Waals surface area contributed by atoms with Crippen LogP contribution in [0.25, 0.3) is 0 Å². The summed E-state index contributed by atoms with van der Waals surface area (Å²) >= 11 is 11.6. The average molecular weight is 206 g/mol. The van der Waals surface area contributed by atoms with E-state index in [0.29, 0.717) is 27.2 Å². The van der Waals surface area contributed by atoms with Gasteiger partial charge in [0.1, 0.15) is 5.02 Å². The Labute approximate surface area is 79.0 Å². The van der Waals surface area contributed by atoms with Gasteiger partial charge >= 0.3 is 0 Å². The first-order valence-corrected chi connectivity index (χ1v) is 3.99. The molecule has 2 N–H and O–H groups in total. The highest BCUT2D eigenvalue weighted by atomic mass is 35.5. The lowest BCUT2D eigenvalue weighted by Gasteiger charge is -2.03. The molecule has 64 valence electrons. The number of benzene rings is 1. The summed E-state index contributed by atoms with van der Waals surface area (Å²) in [7, 11) is 0. The first kappa shape index (κ1) is 7.83. The fraction of sp³-hybridized carbons (Fsp3) is 0.143. The van der Waals surface area contributed by atoms with E-state index in [4.69, 9.17) is 38.4 Å². The molecule has 0 aromatic heterocycles. The largest absolute Gasteiger partial charge is 0.453 e. The highest BCUT2D eigenvalue weighted by molar-refractivity contribution is 6.40. The number of hydrogen-bond donors (Lipinski definition) is 1. The van der Waals surface area contributed by atoms with Gasteiger partial charge in [0, 0.05) is 6.07 Å². The Bertz CT molecular complexity index is 341. The van der Waals surface area contributed by atoms with Crippen LogP contribution in [0.2, 0.25) is 10.0 Å². The molecule has 3 nitrogen and oxygen atoms in total. The normalized spacial score (nSPS) is 13.5. The Hall–Kier alpha value is -0.800. The molecule has 12 heavy (non-hydrogen) atoms. The monoisotopic (exact) mass is 205 g/mol. The highest BCUT2D eigenvalue weighted by Crippen LogP contribution is 2.45. The Morgan fingerprint density at radius 3 is 2.83 bits per heavy atom. The molecule has 0 aliphatic carbocycles. The Morgan fingerprint density at radius 2 is 2.08 bits per heavy atom. The number of rotatable bonds is 0. The van der Waals surface area contributed by atoms with Crippen molar-refractivity contribution in [3.63, 3.8) is 0 Å². The first-order valence-electron chi connectivity index (χ1n) is 3.23. The lowest BCUT2D eigenvalue weighted by molar-refractivity contribution is 0.174. The number of fused-ring (bicyclic) bond motifs is 1. The van der Waals surface area contributed by atoms with Gasteiger partial charge in [0.15, 0.2) is 11.5 Å². The maximum atomic E-state index is 5.83. The number of halogens is 2. The molecule has 0 saturated carbocycles. The Kier molecular flexibility index (Phi) is 1.70. The minimum absolute atomic E-state index is 0.162. The van der Waals surface area contributed by atoms with Gasteiger partial charge in [-0.25, -0.2) is 0 Å². The summed E-state index contributed by atoms with van der Waals surface area (Å²) in [5, 5.41) is 0.694. The number of hydrogen-bond acceptors (Lipinski definition) is 3. The number of ether oxygens (including phenoxy) is 2. The molecule has 1 aromatic rings. The number of nitrogen functional groups attached to an aromatic ring is 1. The second kappa shape index (κ2) is 2.61. The third-order valence-electron chi connectivity index (χ3n) is 1.59. The van der Waals surface area contributed by atoms with E-state index in [-0.39, 0.29) is 6.79 Å². The van der Waals surface area contributed by atoms with Crippen molar-refractivity contribution in [1.29, 1.82) is 0 Å². The van der Waals surface area contributed by atoms with Crippen LogP contribution in [0.3, 0.4) is 0 Å². The summed E-state index contributed by atoms with van der Waals surface area (Å²) in [6.07, 6.45) is 0. The van der Waals surface area contributed by atoms with Gasteiger partial charge in [-0.2, -0.15) is 0 Å². The van der Waals surface area contributed by atoms with E-state index in [1.165, 1.54) is 0 Å². The van der Waals surface area contributed by atoms with Crippen molar-refractivity contribution in [2.24, 2.45) is 0 Å². The average Bonchev–Trinajstić information content (AvgIpc) is 2.48. The van der Waals surface area contributed by atoms with Gasteiger partial charge < -0.3 is 15.2 Å². The predicted octanol–water partition coefficient (Wildman–Crippen LogP) is 2.30. The summed E-state index contributed by atoms with van der Waals surface area (Å²) in [5.74, 6) is 1.01. The van der Waals surface area contributed by atoms with E-state index < -0.39 is 0 Å². The van der Waals surface area contributed by atoms with Crippen LogP contribution < -0.4 is 15.2 Å². The zero-order valence-corrected chi connectivity index (χ0v) is 7.45. The number of anilines is 1. The summed E-state index contributed by atoms with van der Waals surface area (Å²) in [6, 6.07) is 1.59. The quantitative estimate of drug-likeness (QED) is 0.662. The van der Waals surface area contributed by atoms with E-state index >= 15 is 0 Å². The highest BCUT2D eigenvalue weighted by Gasteiger charge is 2.21. The van der Waals surface area contributed by atoms with Gasteiger partial charge in [0.2, 0.25) is 6.79 Å². The molecule has 0 bridgehead atoms. The van der Waals surface area contributed by atoms with Gasteiger partial charge in [0.05, 0.1) is 10.7 Å². The minimum Gasteiger partial charge on any atom is -0.453 e. The topological polar surface area (TPSA) is 44.5 Å². The van der Waals surface area contributed by atoms with E-state index in [0.717, 1.165) is 0 Å². The van der Waals surface area contributed by atoms with E-state index in [9.17, 15) is 0 Å². The molecule has 1 aliphatic rings. The van der Waals surface area contributed by atoms with E-state index in [2.05, 4.69) is 0 Å². The third-order valence-corrected chi connectivity index (χ3v) is 2.28. The second-order valence-corrected chi connectivity index (χ2v) is 3.10. The van der Waals surface area contributed by atoms with Crippen LogP contribution in [0.1, 0.15) is 0 Å². The molecule has 0 spiro atoms. The zero-order valence-electron chi connectivity index (χ0n) is 5.93. The molecule has 0 unspecified atom stereocenters. The summed E-state index contributed by atoms with van der Waals surface area (Å²) in [4.78, 5) is 0. The molecule has 5 heteroatoms. The van der Waals surface area contributed by atoms with Crippen molar-refractivity contribution in [3.05, 3.63) is 16.1 Å². The van der Waals surface area contributed by atoms with Crippen molar-refractivity contribution in [3.8, 4) is 11.5 Å². The third kappa shape index (κ3) is 0.974. The van der Waals surface area contributed by atoms with Crippen molar-refractivity contribution in [1.82, 2.24) is 0 Å². The molecule has 0 radical (unpaired) electrons. The van der Waals surface area contributed by atoms with E-state index in [1.807, 2.05) is 0 Å². The molecule has 1 aliphatic heterocycles. The second-order valence-electron chi connectivity index (χ2n) is 2.32. The maximum absolute atomic E-state index is 5.83. The van der Waals surface area contributed by atoms with Crippen molar-refractivity contribution in [2.45, 2.75) is 0 Å². The lowest BCUT2D eigenvalue weighted by Crippen LogP contribution is -1.93. The summed E-state index contributed by atoms with van der Waals surface area (Å²) < 4.78 is 10.1. The molecule has 1 heterocycles. The SMILES string of the molecule is Nc1c(Cl)cc2c(c1Cl)OCO2. The van der Waals surface area contributed by atoms with Crippen LogP contribution in [-0.4, -0.2) is 6.79 Å². The van der Waals surface area contributed by atoms with Gasteiger partial charge in [-0.05, 0) is 0 Å². The predicted molar refractivity (Wildman–Crippen MR) is 47.0 cm³/mol. The molecule has 2 rings (SSSR count). The molecule has 0 fully saturated rings. The Balaban J connectivity index is 2.67.